The van der Waals surface area contributed by atoms with Crippen molar-refractivity contribution in [3.63, 3.8) is 0 Å². The molecular weight excluding hydrogens is 412 g/mol. The molecule has 7 nitrogen and oxygen atoms in total. The summed E-state index contributed by atoms with van der Waals surface area (Å²) < 4.78 is 10.4. The minimum Gasteiger partial charge on any atom is -0.462 e. The monoisotopic (exact) mass is 448 g/mol. The molecule has 32 heavy (non-hydrogen) atoms. The third-order valence-corrected chi connectivity index (χ3v) is 9.44. The number of ketones is 1. The second-order valence-corrected chi connectivity index (χ2v) is 10.9. The minimum atomic E-state index is -1.91. The van der Waals surface area contributed by atoms with E-state index in [0.29, 0.717) is 18.8 Å². The van der Waals surface area contributed by atoms with Crippen LogP contribution in [-0.4, -0.2) is 52.4 Å². The van der Waals surface area contributed by atoms with E-state index in [-0.39, 0.29) is 29.3 Å². The second-order valence-electron chi connectivity index (χ2n) is 10.9. The highest BCUT2D eigenvalue weighted by molar-refractivity contribution is 5.91. The fraction of sp³-hybridized carbons (Fsp3) is 0.800. The van der Waals surface area contributed by atoms with E-state index in [9.17, 15) is 24.6 Å². The molecule has 2 N–H and O–H groups in total. The molecule has 4 aliphatic carbocycles. The number of aliphatic hydroxyl groups excluding tert-OH is 1. The van der Waals surface area contributed by atoms with Gasteiger partial charge in [-0.1, -0.05) is 25.5 Å². The average Bonchev–Trinajstić information content (AvgIpc) is 2.93. The molecule has 0 spiro atoms. The lowest BCUT2D eigenvalue weighted by Gasteiger charge is -2.58. The van der Waals surface area contributed by atoms with Crippen LogP contribution in [-0.2, 0) is 23.9 Å². The topological polar surface area (TPSA) is 110 Å². The Kier molecular flexibility index (Phi) is 5.82. The van der Waals surface area contributed by atoms with E-state index in [2.05, 4.69) is 13.0 Å². The molecule has 0 saturated heterocycles. The van der Waals surface area contributed by atoms with Crippen molar-refractivity contribution in [3.8, 4) is 0 Å². The van der Waals surface area contributed by atoms with Crippen LogP contribution in [0.2, 0.25) is 0 Å². The number of aliphatic hydroxyl groups is 2. The van der Waals surface area contributed by atoms with Gasteiger partial charge < -0.3 is 19.7 Å². The number of carbonyl (C=O) groups is 3. The standard InChI is InChI=1S/C25H36O7/c1-14(26)31-13-22(29)25(30)21(28)12-20-18-6-5-16-11-17(32-15(2)27)7-9-23(16,3)19(18)8-10-24(20,25)4/h5,17-21,28,30H,6-13H2,1-4H3/t17-,18-,19-,20+,21+,23-,24-,25-/m0/s1. The van der Waals surface area contributed by atoms with E-state index in [1.807, 2.05) is 6.92 Å². The maximum Gasteiger partial charge on any atom is 0.303 e. The van der Waals surface area contributed by atoms with Gasteiger partial charge in [0.25, 0.3) is 0 Å². The molecule has 8 atom stereocenters. The van der Waals surface area contributed by atoms with Crippen LogP contribution < -0.4 is 0 Å². The van der Waals surface area contributed by atoms with Gasteiger partial charge in [-0.25, -0.2) is 0 Å². The third kappa shape index (κ3) is 3.35. The molecule has 0 amide bonds. The lowest BCUT2D eigenvalue weighted by molar-refractivity contribution is -0.181. The molecule has 4 aliphatic rings. The first-order valence-electron chi connectivity index (χ1n) is 11.9. The van der Waals surface area contributed by atoms with Crippen LogP contribution in [0.15, 0.2) is 11.6 Å². The summed E-state index contributed by atoms with van der Waals surface area (Å²) in [5.74, 6) is -0.761. The third-order valence-electron chi connectivity index (χ3n) is 9.44. The van der Waals surface area contributed by atoms with Gasteiger partial charge in [0, 0.05) is 25.7 Å². The molecule has 0 aromatic heterocycles. The number of rotatable bonds is 4. The molecule has 0 aliphatic heterocycles. The van der Waals surface area contributed by atoms with Gasteiger partial charge in [0.1, 0.15) is 6.10 Å². The Labute approximate surface area is 189 Å². The summed E-state index contributed by atoms with van der Waals surface area (Å²) in [4.78, 5) is 35.6. The predicted molar refractivity (Wildman–Crippen MR) is 115 cm³/mol. The Bertz CT molecular complexity index is 849. The number of ether oxygens (including phenoxy) is 2. The van der Waals surface area contributed by atoms with Gasteiger partial charge >= 0.3 is 11.9 Å². The lowest BCUT2D eigenvalue weighted by Crippen LogP contribution is -2.61. The molecular formula is C25H36O7. The van der Waals surface area contributed by atoms with E-state index in [4.69, 9.17) is 9.47 Å². The SMILES string of the molecule is CC(=O)OCC(=O)[C@@]1(O)[C@H](O)C[C@@H]2[C@H]3CC=C4C[C@@H](OC(C)=O)CC[C@]4(C)[C@H]3CC[C@@]21C. The Balaban J connectivity index is 1.59. The minimum absolute atomic E-state index is 0.00310. The van der Waals surface area contributed by atoms with E-state index < -0.39 is 35.5 Å². The maximum atomic E-state index is 13.0. The van der Waals surface area contributed by atoms with Crippen LogP contribution in [0.1, 0.15) is 72.6 Å². The van der Waals surface area contributed by atoms with Crippen molar-refractivity contribution in [2.45, 2.75) is 90.4 Å². The highest BCUT2D eigenvalue weighted by Gasteiger charge is 2.69. The first kappa shape index (κ1) is 23.4. The summed E-state index contributed by atoms with van der Waals surface area (Å²) in [5, 5.41) is 22.5. The van der Waals surface area contributed by atoms with Gasteiger partial charge in [0.05, 0.1) is 6.10 Å². The molecule has 0 bridgehead atoms. The van der Waals surface area contributed by atoms with Gasteiger partial charge in [0.15, 0.2) is 12.2 Å². The maximum absolute atomic E-state index is 13.0. The Morgan fingerprint density at radius 3 is 2.47 bits per heavy atom. The van der Waals surface area contributed by atoms with Crippen molar-refractivity contribution >= 4 is 17.7 Å². The van der Waals surface area contributed by atoms with Crippen LogP contribution in [0.25, 0.3) is 0 Å². The number of hydrogen-bond acceptors (Lipinski definition) is 7. The summed E-state index contributed by atoms with van der Waals surface area (Å²) in [7, 11) is 0. The second kappa shape index (κ2) is 7.94. The van der Waals surface area contributed by atoms with Gasteiger partial charge in [-0.15, -0.1) is 0 Å². The zero-order valence-electron chi connectivity index (χ0n) is 19.6. The molecule has 0 unspecified atom stereocenters. The van der Waals surface area contributed by atoms with E-state index in [1.165, 1.54) is 19.4 Å². The highest BCUT2D eigenvalue weighted by atomic mass is 16.5. The van der Waals surface area contributed by atoms with E-state index in [1.54, 1.807) is 0 Å². The molecule has 0 aromatic rings. The molecule has 7 heteroatoms. The molecule has 178 valence electrons. The highest BCUT2D eigenvalue weighted by Crippen LogP contribution is 2.67. The largest absolute Gasteiger partial charge is 0.462 e. The zero-order chi connectivity index (χ0) is 23.5. The molecule has 0 radical (unpaired) electrons. The Morgan fingerprint density at radius 1 is 1.09 bits per heavy atom. The van der Waals surface area contributed by atoms with Crippen molar-refractivity contribution < 1.29 is 34.1 Å². The molecule has 0 heterocycles. The summed E-state index contributed by atoms with van der Waals surface area (Å²) >= 11 is 0. The van der Waals surface area contributed by atoms with Gasteiger partial charge in [0.2, 0.25) is 5.78 Å². The average molecular weight is 449 g/mol. The Morgan fingerprint density at radius 2 is 1.81 bits per heavy atom. The molecule has 0 aromatic carbocycles. The number of allylic oxidation sites excluding steroid dienone is 1. The first-order valence-corrected chi connectivity index (χ1v) is 11.9. The van der Waals surface area contributed by atoms with E-state index >= 15 is 0 Å². The van der Waals surface area contributed by atoms with Gasteiger partial charge in [-0.3, -0.25) is 14.4 Å². The fourth-order valence-electron chi connectivity index (χ4n) is 7.76. The van der Waals surface area contributed by atoms with Crippen LogP contribution in [0.3, 0.4) is 0 Å². The van der Waals surface area contributed by atoms with Crippen molar-refractivity contribution in [2.24, 2.45) is 28.6 Å². The van der Waals surface area contributed by atoms with Crippen molar-refractivity contribution in [3.05, 3.63) is 11.6 Å². The molecule has 4 rings (SSSR count). The van der Waals surface area contributed by atoms with Crippen LogP contribution >= 0.6 is 0 Å². The first-order chi connectivity index (χ1) is 14.9. The number of Topliss-reactive ketones (excluding diaryl/α,β-unsaturated/α-hetero) is 1. The fourth-order valence-corrected chi connectivity index (χ4v) is 7.76. The van der Waals surface area contributed by atoms with Crippen LogP contribution in [0, 0.1) is 28.6 Å². The van der Waals surface area contributed by atoms with E-state index in [0.717, 1.165) is 32.1 Å². The van der Waals surface area contributed by atoms with Crippen LogP contribution in [0.4, 0.5) is 0 Å². The van der Waals surface area contributed by atoms with Crippen molar-refractivity contribution in [1.82, 2.24) is 0 Å². The number of carbonyl (C=O) groups excluding carboxylic acids is 3. The summed E-state index contributed by atoms with van der Waals surface area (Å²) in [6.07, 6.45) is 6.31. The van der Waals surface area contributed by atoms with Crippen LogP contribution in [0.5, 0.6) is 0 Å². The van der Waals surface area contributed by atoms with Crippen molar-refractivity contribution in [2.75, 3.05) is 6.61 Å². The quantitative estimate of drug-likeness (QED) is 0.503. The number of fused-ring (bicyclic) bond motifs is 5. The molecule has 3 saturated carbocycles. The predicted octanol–water partition coefficient (Wildman–Crippen LogP) is 2.71. The summed E-state index contributed by atoms with van der Waals surface area (Å²) in [6, 6.07) is 0. The summed E-state index contributed by atoms with van der Waals surface area (Å²) in [6.45, 7) is 6.40. The van der Waals surface area contributed by atoms with Crippen molar-refractivity contribution in [1.29, 1.82) is 0 Å². The van der Waals surface area contributed by atoms with Gasteiger partial charge in [-0.05, 0) is 61.7 Å². The number of esters is 2. The molecule has 3 fully saturated rings. The summed E-state index contributed by atoms with van der Waals surface area (Å²) in [5.41, 5.74) is -1.30. The lowest BCUT2D eigenvalue weighted by atomic mass is 9.46. The number of hydrogen-bond donors (Lipinski definition) is 2. The normalized spacial score (nSPS) is 45.1. The Hall–Kier alpha value is -1.73. The zero-order valence-corrected chi connectivity index (χ0v) is 19.6. The smallest absolute Gasteiger partial charge is 0.303 e. The van der Waals surface area contributed by atoms with Gasteiger partial charge in [-0.2, -0.15) is 0 Å².